The topological polar surface area (TPSA) is 116 Å². The van der Waals surface area contributed by atoms with Gasteiger partial charge in [-0.3, -0.25) is 19.3 Å². The zero-order valence-corrected chi connectivity index (χ0v) is 25.5. The van der Waals surface area contributed by atoms with Crippen LogP contribution < -0.4 is 5.56 Å². The number of carbonyl (C=O) groups is 2. The van der Waals surface area contributed by atoms with E-state index in [0.717, 1.165) is 11.8 Å². The Morgan fingerprint density at radius 3 is 2.60 bits per heavy atom. The molecular weight excluding hydrogens is 590 g/mol. The highest BCUT2D eigenvalue weighted by atomic mass is 35.5. The number of ketones is 1. The number of carbonyl (C=O) groups excluding carboxylic acids is 2. The Hall–Kier alpha value is -3.86. The van der Waals surface area contributed by atoms with Crippen molar-refractivity contribution in [3.63, 3.8) is 0 Å². The molecule has 3 heterocycles. The van der Waals surface area contributed by atoms with Crippen LogP contribution in [0.5, 0.6) is 0 Å². The third kappa shape index (κ3) is 5.17. The number of Topliss-reactive ketones (excluding diaryl/α,β-unsaturated/α-hetero) is 1. The summed E-state index contributed by atoms with van der Waals surface area (Å²) in [5, 5.41) is 0.288. The second-order valence-corrected chi connectivity index (χ2v) is 13.8. The van der Waals surface area contributed by atoms with Crippen LogP contribution in [0.2, 0.25) is 5.02 Å². The second kappa shape index (κ2) is 10.7. The molecule has 222 valence electrons. The van der Waals surface area contributed by atoms with Gasteiger partial charge >= 0.3 is 5.97 Å². The van der Waals surface area contributed by atoms with Crippen molar-refractivity contribution in [2.24, 2.45) is 7.05 Å². The molecule has 0 N–H and O–H groups in total. The summed E-state index contributed by atoms with van der Waals surface area (Å²) in [7, 11) is -1.71. The summed E-state index contributed by atoms with van der Waals surface area (Å²) in [5.41, 5.74) is 2.58. The van der Waals surface area contributed by atoms with Crippen molar-refractivity contribution in [2.45, 2.75) is 42.7 Å². The SMILES string of the molecule is Cc1cc(-c2cccc(S(C)(=O)=O)c2)c(Cl)cc1C1C(=O)OC2(CCCN(Cc3nc4ccccc4n(C)c3=O)C2)C1=O. The maximum absolute atomic E-state index is 14.0. The summed E-state index contributed by atoms with van der Waals surface area (Å²) in [6, 6.07) is 17.2. The largest absolute Gasteiger partial charge is 0.449 e. The van der Waals surface area contributed by atoms with Crippen molar-refractivity contribution in [3.8, 4) is 11.1 Å². The lowest BCUT2D eigenvalue weighted by Gasteiger charge is -2.37. The highest BCUT2D eigenvalue weighted by molar-refractivity contribution is 7.90. The number of likely N-dealkylation sites (tertiary alicyclic amines) is 1. The van der Waals surface area contributed by atoms with Gasteiger partial charge in [0.2, 0.25) is 0 Å². The van der Waals surface area contributed by atoms with Crippen LogP contribution in [0, 0.1) is 6.92 Å². The van der Waals surface area contributed by atoms with Crippen LogP contribution in [-0.4, -0.2) is 59.6 Å². The summed E-state index contributed by atoms with van der Waals surface area (Å²) < 4.78 is 31.6. The Labute approximate surface area is 254 Å². The second-order valence-electron chi connectivity index (χ2n) is 11.4. The van der Waals surface area contributed by atoms with Crippen LogP contribution in [0.25, 0.3) is 22.2 Å². The summed E-state index contributed by atoms with van der Waals surface area (Å²) in [4.78, 5) is 47.1. The van der Waals surface area contributed by atoms with Gasteiger partial charge in [-0.25, -0.2) is 13.4 Å². The number of sulfone groups is 1. The number of hydrogen-bond donors (Lipinski definition) is 0. The molecule has 0 radical (unpaired) electrons. The average Bonchev–Trinajstić information content (AvgIpc) is 3.20. The van der Waals surface area contributed by atoms with E-state index in [2.05, 4.69) is 4.98 Å². The highest BCUT2D eigenvalue weighted by Gasteiger charge is 2.57. The zero-order chi connectivity index (χ0) is 30.7. The molecule has 1 spiro atoms. The molecule has 11 heteroatoms. The zero-order valence-electron chi connectivity index (χ0n) is 24.0. The van der Waals surface area contributed by atoms with Gasteiger partial charge in [-0.2, -0.15) is 0 Å². The summed E-state index contributed by atoms with van der Waals surface area (Å²) in [6.45, 7) is 2.80. The van der Waals surface area contributed by atoms with Gasteiger partial charge in [-0.05, 0) is 79.4 Å². The van der Waals surface area contributed by atoms with Crippen molar-refractivity contribution in [2.75, 3.05) is 19.3 Å². The molecule has 9 nitrogen and oxygen atoms in total. The van der Waals surface area contributed by atoms with Crippen molar-refractivity contribution in [3.05, 3.63) is 92.9 Å². The van der Waals surface area contributed by atoms with E-state index in [4.69, 9.17) is 16.3 Å². The molecule has 6 rings (SSSR count). The first kappa shape index (κ1) is 29.2. The molecule has 0 bridgehead atoms. The van der Waals surface area contributed by atoms with Crippen molar-refractivity contribution in [1.29, 1.82) is 0 Å². The lowest BCUT2D eigenvalue weighted by atomic mass is 9.81. The maximum Gasteiger partial charge on any atom is 0.322 e. The molecule has 2 aliphatic rings. The first-order valence-electron chi connectivity index (χ1n) is 13.9. The van der Waals surface area contributed by atoms with E-state index in [1.807, 2.05) is 29.2 Å². The Kier molecular flexibility index (Phi) is 7.27. The fraction of sp³-hybridized carbons (Fsp3) is 0.312. The molecule has 2 saturated heterocycles. The number of piperidine rings is 1. The van der Waals surface area contributed by atoms with Crippen LogP contribution in [0.15, 0.2) is 70.4 Å². The smallest absolute Gasteiger partial charge is 0.322 e. The Balaban J connectivity index is 1.28. The number of halogens is 1. The number of ether oxygens (including phenoxy) is 1. The summed E-state index contributed by atoms with van der Waals surface area (Å²) in [6.07, 6.45) is 2.13. The minimum Gasteiger partial charge on any atom is -0.449 e. The van der Waals surface area contributed by atoms with E-state index < -0.39 is 27.3 Å². The molecule has 1 aromatic heterocycles. The number of fused-ring (bicyclic) bond motifs is 1. The summed E-state index contributed by atoms with van der Waals surface area (Å²) in [5.74, 6) is -2.09. The minimum atomic E-state index is -3.42. The monoisotopic (exact) mass is 619 g/mol. The number of hydrogen-bond acceptors (Lipinski definition) is 8. The van der Waals surface area contributed by atoms with Crippen LogP contribution in [0.1, 0.15) is 35.6 Å². The molecule has 0 amide bonds. The van der Waals surface area contributed by atoms with Gasteiger partial charge < -0.3 is 9.30 Å². The van der Waals surface area contributed by atoms with E-state index in [9.17, 15) is 22.8 Å². The number of para-hydroxylation sites is 2. The third-order valence-electron chi connectivity index (χ3n) is 8.44. The number of aryl methyl sites for hydroxylation is 2. The molecule has 0 aliphatic carbocycles. The lowest BCUT2D eigenvalue weighted by Crippen LogP contribution is -2.52. The van der Waals surface area contributed by atoms with E-state index in [1.54, 1.807) is 48.9 Å². The van der Waals surface area contributed by atoms with Crippen molar-refractivity contribution < 1.29 is 22.7 Å². The summed E-state index contributed by atoms with van der Waals surface area (Å²) >= 11 is 6.68. The van der Waals surface area contributed by atoms with E-state index in [1.165, 1.54) is 6.07 Å². The standard InChI is InChI=1S/C32H30ClN3O6S/c1-19-14-23(20-8-6-9-21(15-20)43(3,40)41)24(33)16-22(19)28-29(37)32(42-31(28)39)12-7-13-36(18-32)17-26-30(38)35(2)27-11-5-4-10-25(27)34-26/h4-6,8-11,14-16,28H,7,12-13,17-18H2,1-3H3. The molecular formula is C32H30ClN3O6S. The van der Waals surface area contributed by atoms with Crippen LogP contribution >= 0.6 is 11.6 Å². The highest BCUT2D eigenvalue weighted by Crippen LogP contribution is 2.43. The Morgan fingerprint density at radius 2 is 1.84 bits per heavy atom. The average molecular weight is 620 g/mol. The van der Waals surface area contributed by atoms with Crippen molar-refractivity contribution >= 4 is 44.2 Å². The Morgan fingerprint density at radius 1 is 1.07 bits per heavy atom. The molecule has 2 aliphatic heterocycles. The van der Waals surface area contributed by atoms with E-state index in [0.29, 0.717) is 52.9 Å². The minimum absolute atomic E-state index is 0.162. The normalized spacial score (nSPS) is 21.1. The van der Waals surface area contributed by atoms with Gasteiger partial charge in [-0.15, -0.1) is 0 Å². The van der Waals surface area contributed by atoms with Crippen molar-refractivity contribution in [1.82, 2.24) is 14.5 Å². The predicted octanol–water partition coefficient (Wildman–Crippen LogP) is 4.21. The molecule has 3 aromatic carbocycles. The molecule has 0 saturated carbocycles. The molecule has 43 heavy (non-hydrogen) atoms. The number of benzene rings is 3. The first-order valence-corrected chi connectivity index (χ1v) is 16.2. The van der Waals surface area contributed by atoms with Gasteiger partial charge in [0.1, 0.15) is 11.6 Å². The quantitative estimate of drug-likeness (QED) is 0.241. The molecule has 2 unspecified atom stereocenters. The van der Waals surface area contributed by atoms with E-state index >= 15 is 0 Å². The fourth-order valence-corrected chi connectivity index (χ4v) is 7.19. The fourth-order valence-electron chi connectivity index (χ4n) is 6.24. The molecule has 2 atom stereocenters. The van der Waals surface area contributed by atoms with Crippen LogP contribution in [0.4, 0.5) is 0 Å². The number of nitrogens with zero attached hydrogens (tertiary/aromatic N) is 3. The Bertz CT molecular complexity index is 1990. The van der Waals surface area contributed by atoms with Gasteiger partial charge in [-0.1, -0.05) is 35.9 Å². The molecule has 4 aromatic rings. The maximum atomic E-state index is 14.0. The van der Waals surface area contributed by atoms with Crippen LogP contribution in [-0.2, 0) is 37.8 Å². The number of rotatable bonds is 5. The van der Waals surface area contributed by atoms with Gasteiger partial charge in [0.15, 0.2) is 21.2 Å². The lowest BCUT2D eigenvalue weighted by molar-refractivity contribution is -0.157. The van der Waals surface area contributed by atoms with Gasteiger partial charge in [0.05, 0.1) is 15.9 Å². The number of esters is 1. The predicted molar refractivity (Wildman–Crippen MR) is 163 cm³/mol. The third-order valence-corrected chi connectivity index (χ3v) is 9.86. The van der Waals surface area contributed by atoms with Crippen LogP contribution in [0.3, 0.4) is 0 Å². The number of aromatic nitrogens is 2. The van der Waals surface area contributed by atoms with Gasteiger partial charge in [0, 0.05) is 37.0 Å². The molecule has 2 fully saturated rings. The first-order chi connectivity index (χ1) is 20.4. The van der Waals surface area contributed by atoms with E-state index in [-0.39, 0.29) is 34.4 Å². The van der Waals surface area contributed by atoms with Gasteiger partial charge in [0.25, 0.3) is 5.56 Å².